The number of aliphatic imine (C=N–C) groups is 1. The van der Waals surface area contributed by atoms with Crippen LogP contribution in [0.25, 0.3) is 6.08 Å². The van der Waals surface area contributed by atoms with Gasteiger partial charge in [-0.3, -0.25) is 4.79 Å². The van der Waals surface area contributed by atoms with Crippen molar-refractivity contribution in [3.8, 4) is 11.5 Å². The van der Waals surface area contributed by atoms with Crippen molar-refractivity contribution in [3.05, 3.63) is 64.9 Å². The number of carbonyl (C=O) groups excluding carboxylic acids is 2. The summed E-state index contributed by atoms with van der Waals surface area (Å²) in [6, 6.07) is 12.7. The molecule has 142 valence electrons. The van der Waals surface area contributed by atoms with Gasteiger partial charge < -0.3 is 14.2 Å². The Balaban J connectivity index is 1.59. The van der Waals surface area contributed by atoms with Gasteiger partial charge in [-0.2, -0.15) is 0 Å². The van der Waals surface area contributed by atoms with E-state index in [1.807, 2.05) is 31.2 Å². The number of methoxy groups -OCH3 is 1. The predicted octanol–water partition coefficient (Wildman–Crippen LogP) is 3.66. The third-order valence-corrected chi connectivity index (χ3v) is 4.50. The van der Waals surface area contributed by atoms with Crippen molar-refractivity contribution in [1.82, 2.24) is 0 Å². The summed E-state index contributed by atoms with van der Waals surface area (Å²) in [6.45, 7) is 1.96. The number of hydrogen-bond donors (Lipinski definition) is 0. The fraction of sp³-hybridized carbons (Fsp3) is 0.227. The van der Waals surface area contributed by atoms with Crippen molar-refractivity contribution in [3.63, 3.8) is 0 Å². The van der Waals surface area contributed by atoms with Crippen LogP contribution in [0, 0.1) is 12.8 Å². The van der Waals surface area contributed by atoms with Gasteiger partial charge in [0.25, 0.3) is 0 Å². The molecule has 0 spiro atoms. The van der Waals surface area contributed by atoms with Crippen molar-refractivity contribution < 1.29 is 23.8 Å². The number of rotatable bonds is 5. The molecule has 0 amide bonds. The number of aryl methyl sites for hydroxylation is 1. The number of nitrogens with zero attached hydrogens (tertiary/aromatic N) is 1. The molecule has 0 aromatic heterocycles. The third-order valence-electron chi connectivity index (χ3n) is 4.50. The summed E-state index contributed by atoms with van der Waals surface area (Å²) in [5.74, 6) is 0.295. The number of esters is 2. The molecule has 2 aromatic rings. The topological polar surface area (TPSA) is 74.2 Å². The molecule has 6 nitrogen and oxygen atoms in total. The lowest BCUT2D eigenvalue weighted by molar-refractivity contribution is -0.136. The van der Waals surface area contributed by atoms with E-state index in [1.54, 1.807) is 24.3 Å². The Hall–Kier alpha value is -3.41. The van der Waals surface area contributed by atoms with Crippen LogP contribution in [0.5, 0.6) is 11.5 Å². The molecule has 1 saturated carbocycles. The fourth-order valence-corrected chi connectivity index (χ4v) is 2.84. The molecule has 1 aliphatic carbocycles. The van der Waals surface area contributed by atoms with Crippen molar-refractivity contribution in [2.24, 2.45) is 10.9 Å². The molecule has 4 rings (SSSR count). The van der Waals surface area contributed by atoms with Gasteiger partial charge in [-0.1, -0.05) is 23.8 Å². The van der Waals surface area contributed by atoms with Crippen LogP contribution in [0.2, 0.25) is 0 Å². The normalized spacial score (nSPS) is 17.3. The average molecular weight is 377 g/mol. The summed E-state index contributed by atoms with van der Waals surface area (Å²) in [6.07, 6.45) is 3.35. The monoisotopic (exact) mass is 377 g/mol. The van der Waals surface area contributed by atoms with Gasteiger partial charge in [-0.05, 0) is 55.7 Å². The zero-order valence-corrected chi connectivity index (χ0v) is 15.6. The van der Waals surface area contributed by atoms with Gasteiger partial charge in [-0.15, -0.1) is 0 Å². The Bertz CT molecular complexity index is 1020. The minimum atomic E-state index is -0.514. The minimum Gasteiger partial charge on any atom is -0.493 e. The maximum absolute atomic E-state index is 12.2. The number of benzene rings is 2. The van der Waals surface area contributed by atoms with E-state index in [2.05, 4.69) is 4.99 Å². The van der Waals surface area contributed by atoms with Crippen molar-refractivity contribution in [1.29, 1.82) is 0 Å². The number of ether oxygens (including phenoxy) is 3. The van der Waals surface area contributed by atoms with Gasteiger partial charge >= 0.3 is 11.9 Å². The van der Waals surface area contributed by atoms with Gasteiger partial charge in [0.1, 0.15) is 0 Å². The summed E-state index contributed by atoms with van der Waals surface area (Å²) in [5, 5.41) is 0. The fourth-order valence-electron chi connectivity index (χ4n) is 2.84. The number of cyclic esters (lactones) is 1. The highest BCUT2D eigenvalue weighted by Crippen LogP contribution is 2.34. The summed E-state index contributed by atoms with van der Waals surface area (Å²) < 4.78 is 16.0. The zero-order valence-electron chi connectivity index (χ0n) is 15.6. The highest BCUT2D eigenvalue weighted by atomic mass is 16.6. The number of carbonyl (C=O) groups is 2. The maximum Gasteiger partial charge on any atom is 0.363 e. The van der Waals surface area contributed by atoms with E-state index in [1.165, 1.54) is 7.11 Å². The number of hydrogen-bond acceptors (Lipinski definition) is 6. The van der Waals surface area contributed by atoms with Crippen LogP contribution >= 0.6 is 0 Å². The highest BCUT2D eigenvalue weighted by molar-refractivity contribution is 6.12. The van der Waals surface area contributed by atoms with E-state index < -0.39 is 5.97 Å². The summed E-state index contributed by atoms with van der Waals surface area (Å²) in [5.41, 5.74) is 2.68. The van der Waals surface area contributed by atoms with Crippen LogP contribution in [0.3, 0.4) is 0 Å². The Morgan fingerprint density at radius 3 is 2.71 bits per heavy atom. The Labute approximate surface area is 162 Å². The summed E-state index contributed by atoms with van der Waals surface area (Å²) in [4.78, 5) is 28.4. The SMILES string of the molecule is COc1cc(/C=C2\N=C(c3cccc(C)c3)OC2=O)ccc1OC(=O)C1CC1. The van der Waals surface area contributed by atoms with Gasteiger partial charge in [0, 0.05) is 5.56 Å². The minimum absolute atomic E-state index is 0.00542. The maximum atomic E-state index is 12.2. The molecule has 1 heterocycles. The third kappa shape index (κ3) is 3.81. The molecule has 2 aromatic carbocycles. The van der Waals surface area contributed by atoms with Gasteiger partial charge in [-0.25, -0.2) is 9.79 Å². The largest absolute Gasteiger partial charge is 0.493 e. The second kappa shape index (κ2) is 7.31. The van der Waals surface area contributed by atoms with Gasteiger partial charge in [0.05, 0.1) is 13.0 Å². The van der Waals surface area contributed by atoms with E-state index in [4.69, 9.17) is 14.2 Å². The van der Waals surface area contributed by atoms with Crippen molar-refractivity contribution >= 4 is 23.9 Å². The van der Waals surface area contributed by atoms with E-state index >= 15 is 0 Å². The quantitative estimate of drug-likeness (QED) is 0.452. The lowest BCUT2D eigenvalue weighted by Gasteiger charge is -2.09. The summed E-state index contributed by atoms with van der Waals surface area (Å²) >= 11 is 0. The second-order valence-corrected chi connectivity index (χ2v) is 6.81. The molecule has 0 radical (unpaired) electrons. The average Bonchev–Trinajstić information content (AvgIpc) is 3.47. The van der Waals surface area contributed by atoms with Crippen LogP contribution in [0.15, 0.2) is 53.2 Å². The predicted molar refractivity (Wildman–Crippen MR) is 103 cm³/mol. The van der Waals surface area contributed by atoms with E-state index in [9.17, 15) is 9.59 Å². The van der Waals surface area contributed by atoms with E-state index in [0.29, 0.717) is 17.1 Å². The summed E-state index contributed by atoms with van der Waals surface area (Å²) in [7, 11) is 1.50. The van der Waals surface area contributed by atoms with Crippen LogP contribution in [0.4, 0.5) is 0 Å². The molecule has 0 unspecified atom stereocenters. The Morgan fingerprint density at radius 1 is 1.18 bits per heavy atom. The molecule has 1 aliphatic heterocycles. The molecular weight excluding hydrogens is 358 g/mol. The van der Waals surface area contributed by atoms with Crippen LogP contribution in [-0.2, 0) is 14.3 Å². The lowest BCUT2D eigenvalue weighted by Crippen LogP contribution is -2.10. The Kier molecular flexibility index (Phi) is 4.69. The smallest absolute Gasteiger partial charge is 0.363 e. The first-order chi connectivity index (χ1) is 13.5. The molecule has 2 aliphatic rings. The second-order valence-electron chi connectivity index (χ2n) is 6.81. The zero-order chi connectivity index (χ0) is 19.7. The molecule has 0 N–H and O–H groups in total. The first-order valence-corrected chi connectivity index (χ1v) is 9.03. The molecule has 0 atom stereocenters. The molecule has 1 fully saturated rings. The molecule has 0 saturated heterocycles. The van der Waals surface area contributed by atoms with E-state index in [0.717, 1.165) is 24.0 Å². The highest BCUT2D eigenvalue weighted by Gasteiger charge is 2.32. The lowest BCUT2D eigenvalue weighted by atomic mass is 10.1. The first kappa shape index (κ1) is 18.0. The standard InChI is InChI=1S/C22H19NO5/c1-13-4-3-5-16(10-13)20-23-17(22(25)28-20)11-14-6-9-18(19(12-14)26-2)27-21(24)15-7-8-15/h3-6,9-12,15H,7-8H2,1-2H3/b17-11-. The van der Waals surface area contributed by atoms with Crippen molar-refractivity contribution in [2.75, 3.05) is 7.11 Å². The van der Waals surface area contributed by atoms with Crippen molar-refractivity contribution in [2.45, 2.75) is 19.8 Å². The van der Waals surface area contributed by atoms with Gasteiger partial charge in [0.2, 0.25) is 5.90 Å². The van der Waals surface area contributed by atoms with Crippen LogP contribution in [0.1, 0.15) is 29.5 Å². The van der Waals surface area contributed by atoms with Crippen LogP contribution in [-0.4, -0.2) is 24.9 Å². The molecule has 0 bridgehead atoms. The molecule has 6 heteroatoms. The van der Waals surface area contributed by atoms with Gasteiger partial charge in [0.15, 0.2) is 17.2 Å². The van der Waals surface area contributed by atoms with E-state index in [-0.39, 0.29) is 23.5 Å². The van der Waals surface area contributed by atoms with Crippen LogP contribution < -0.4 is 9.47 Å². The molecule has 28 heavy (non-hydrogen) atoms. The Morgan fingerprint density at radius 2 is 2.00 bits per heavy atom. The molecular formula is C22H19NO5. The first-order valence-electron chi connectivity index (χ1n) is 9.03.